The van der Waals surface area contributed by atoms with Crippen LogP contribution in [0, 0.1) is 6.92 Å². The van der Waals surface area contributed by atoms with Gasteiger partial charge in [0.1, 0.15) is 5.69 Å². The summed E-state index contributed by atoms with van der Waals surface area (Å²) in [5.41, 5.74) is -4.27. The number of hydrogen-bond donors (Lipinski definition) is 1. The zero-order valence-corrected chi connectivity index (χ0v) is 14.7. The molecule has 140 valence electrons. The molecule has 25 heavy (non-hydrogen) atoms. The van der Waals surface area contributed by atoms with E-state index in [1.807, 2.05) is 5.32 Å². The Morgan fingerprint density at radius 1 is 1.32 bits per heavy atom. The van der Waals surface area contributed by atoms with Crippen LogP contribution in [0.2, 0.25) is 0 Å². The number of hydrogen-bond acceptors (Lipinski definition) is 4. The molecule has 0 spiro atoms. The predicted octanol–water partition coefficient (Wildman–Crippen LogP) is 4.39. The Morgan fingerprint density at radius 2 is 1.92 bits per heavy atom. The minimum absolute atomic E-state index is 0.0957. The summed E-state index contributed by atoms with van der Waals surface area (Å²) in [6.45, 7) is 1.93. The summed E-state index contributed by atoms with van der Waals surface area (Å²) in [4.78, 5) is 25.8. The Labute approximate surface area is 148 Å². The predicted molar refractivity (Wildman–Crippen MR) is 81.9 cm³/mol. The molecule has 0 unspecified atom stereocenters. The zero-order valence-electron chi connectivity index (χ0n) is 13.1. The highest BCUT2D eigenvalue weighted by atomic mass is 79.9. The number of halogens is 6. The van der Waals surface area contributed by atoms with E-state index < -0.39 is 52.9 Å². The van der Waals surface area contributed by atoms with E-state index in [9.17, 15) is 31.5 Å². The molecule has 0 aliphatic rings. The minimum atomic E-state index is -5.10. The number of esters is 1. The fraction of sp³-hybridized carbons (Fsp3) is 0.500. The number of aromatic nitrogens is 1. The third kappa shape index (κ3) is 5.62. The number of pyridine rings is 1. The Hall–Kier alpha value is -1.78. The number of carbonyl (C=O) groups excluding carboxylic acids is 2. The molecule has 1 heterocycles. The number of nitrogens with zero attached hydrogens (tertiary/aromatic N) is 1. The van der Waals surface area contributed by atoms with Crippen molar-refractivity contribution in [2.24, 2.45) is 0 Å². The molecule has 1 rings (SSSR count). The summed E-state index contributed by atoms with van der Waals surface area (Å²) in [7, 11) is 0. The van der Waals surface area contributed by atoms with Gasteiger partial charge in [-0.2, -0.15) is 13.2 Å². The second kappa shape index (κ2) is 8.54. The van der Waals surface area contributed by atoms with Crippen LogP contribution >= 0.6 is 15.9 Å². The van der Waals surface area contributed by atoms with Gasteiger partial charge >= 0.3 is 12.1 Å². The van der Waals surface area contributed by atoms with Crippen molar-refractivity contribution in [2.45, 2.75) is 39.3 Å². The van der Waals surface area contributed by atoms with E-state index >= 15 is 0 Å². The van der Waals surface area contributed by atoms with Crippen LogP contribution in [0.5, 0.6) is 5.75 Å². The number of amides is 1. The summed E-state index contributed by atoms with van der Waals surface area (Å²) in [5, 5.41) is 2.47. The average molecular weight is 433 g/mol. The van der Waals surface area contributed by atoms with Gasteiger partial charge in [-0.1, -0.05) is 15.9 Å². The lowest BCUT2D eigenvalue weighted by Crippen LogP contribution is -2.21. The summed E-state index contributed by atoms with van der Waals surface area (Å²) in [5.74, 6) is -2.57. The molecule has 1 N–H and O–H groups in total. The first-order valence-electron chi connectivity index (χ1n) is 6.93. The van der Waals surface area contributed by atoms with Crippen LogP contribution in [0.25, 0.3) is 0 Å². The summed E-state index contributed by atoms with van der Waals surface area (Å²) in [6.07, 6.45) is -8.25. The quantitative estimate of drug-likeness (QED) is 0.411. The third-order valence-corrected chi connectivity index (χ3v) is 3.50. The number of carbonyl (C=O) groups is 2. The average Bonchev–Trinajstić information content (AvgIpc) is 2.47. The molecule has 0 aromatic carbocycles. The molecule has 0 saturated heterocycles. The Balaban J connectivity index is 3.54. The van der Waals surface area contributed by atoms with Gasteiger partial charge in [-0.15, -0.1) is 0 Å². The SMILES string of the molecule is CC(=O)Oc1c(C(F)F)nc(C(F)(F)F)c(NC(=O)CCCBr)c1C. The van der Waals surface area contributed by atoms with Gasteiger partial charge in [0.2, 0.25) is 5.91 Å². The molecule has 0 saturated carbocycles. The number of alkyl halides is 6. The van der Waals surface area contributed by atoms with Crippen molar-refractivity contribution in [1.29, 1.82) is 0 Å². The van der Waals surface area contributed by atoms with E-state index in [4.69, 9.17) is 0 Å². The van der Waals surface area contributed by atoms with E-state index in [-0.39, 0.29) is 6.42 Å². The Morgan fingerprint density at radius 3 is 2.36 bits per heavy atom. The largest absolute Gasteiger partial charge is 0.435 e. The van der Waals surface area contributed by atoms with Gasteiger partial charge in [0.05, 0.1) is 5.69 Å². The molecular weight excluding hydrogens is 419 g/mol. The van der Waals surface area contributed by atoms with E-state index in [2.05, 4.69) is 25.7 Å². The first-order chi connectivity index (χ1) is 11.5. The highest BCUT2D eigenvalue weighted by molar-refractivity contribution is 9.09. The van der Waals surface area contributed by atoms with Gasteiger partial charge in [0.15, 0.2) is 11.4 Å². The monoisotopic (exact) mass is 432 g/mol. The number of ether oxygens (including phenoxy) is 1. The molecule has 0 aliphatic carbocycles. The molecule has 0 fully saturated rings. The lowest BCUT2D eigenvalue weighted by Gasteiger charge is -2.20. The molecular formula is C14H14BrF5N2O3. The fourth-order valence-electron chi connectivity index (χ4n) is 1.92. The van der Waals surface area contributed by atoms with E-state index in [0.717, 1.165) is 13.8 Å². The molecule has 0 bridgehead atoms. The van der Waals surface area contributed by atoms with Crippen LogP contribution in [0.15, 0.2) is 0 Å². The van der Waals surface area contributed by atoms with E-state index in [0.29, 0.717) is 11.8 Å². The highest BCUT2D eigenvalue weighted by Crippen LogP contribution is 2.42. The summed E-state index contributed by atoms with van der Waals surface area (Å²) in [6, 6.07) is 0. The third-order valence-electron chi connectivity index (χ3n) is 2.94. The van der Waals surface area contributed by atoms with E-state index in [1.165, 1.54) is 0 Å². The zero-order chi connectivity index (χ0) is 19.4. The second-order valence-corrected chi connectivity index (χ2v) is 5.70. The standard InChI is InChI=1S/C14H14BrF5N2O3/c1-6-9(21-8(24)4-3-5-15)12(14(18,19)20)22-10(13(16)17)11(6)25-7(2)23/h13H,3-5H2,1-2H3,(H,21,24). The smallest absolute Gasteiger partial charge is 0.424 e. The summed E-state index contributed by atoms with van der Waals surface area (Å²) < 4.78 is 70.3. The maximum Gasteiger partial charge on any atom is 0.435 e. The second-order valence-electron chi connectivity index (χ2n) is 4.91. The van der Waals surface area contributed by atoms with Gasteiger partial charge in [0, 0.05) is 24.2 Å². The van der Waals surface area contributed by atoms with Crippen LogP contribution in [-0.4, -0.2) is 22.2 Å². The number of rotatable bonds is 6. The van der Waals surface area contributed by atoms with Gasteiger partial charge in [-0.05, 0) is 13.3 Å². The molecule has 1 amide bonds. The normalized spacial score (nSPS) is 11.6. The lowest BCUT2D eigenvalue weighted by atomic mass is 10.1. The highest BCUT2D eigenvalue weighted by Gasteiger charge is 2.40. The first-order valence-corrected chi connectivity index (χ1v) is 8.05. The molecule has 0 radical (unpaired) electrons. The van der Waals surface area contributed by atoms with Crippen molar-refractivity contribution >= 4 is 33.5 Å². The van der Waals surface area contributed by atoms with Crippen molar-refractivity contribution in [2.75, 3.05) is 10.6 Å². The van der Waals surface area contributed by atoms with Crippen molar-refractivity contribution in [3.63, 3.8) is 0 Å². The van der Waals surface area contributed by atoms with E-state index in [1.54, 1.807) is 0 Å². The Kier molecular flexibility index (Phi) is 7.27. The van der Waals surface area contributed by atoms with Crippen LogP contribution in [0.1, 0.15) is 43.1 Å². The molecule has 0 atom stereocenters. The molecule has 0 aliphatic heterocycles. The number of nitrogens with one attached hydrogen (secondary N) is 1. The molecule has 11 heteroatoms. The molecule has 1 aromatic rings. The van der Waals surface area contributed by atoms with Crippen molar-refractivity contribution in [3.05, 3.63) is 17.0 Å². The fourth-order valence-corrected chi connectivity index (χ4v) is 2.20. The van der Waals surface area contributed by atoms with Crippen LogP contribution in [-0.2, 0) is 15.8 Å². The van der Waals surface area contributed by atoms with Crippen LogP contribution in [0.3, 0.4) is 0 Å². The van der Waals surface area contributed by atoms with Crippen molar-refractivity contribution < 1.29 is 36.3 Å². The maximum absolute atomic E-state index is 13.2. The van der Waals surface area contributed by atoms with Crippen LogP contribution in [0.4, 0.5) is 27.6 Å². The lowest BCUT2D eigenvalue weighted by molar-refractivity contribution is -0.140. The Bertz CT molecular complexity index is 665. The van der Waals surface area contributed by atoms with Gasteiger partial charge in [0.25, 0.3) is 6.43 Å². The van der Waals surface area contributed by atoms with Crippen molar-refractivity contribution in [1.82, 2.24) is 4.98 Å². The molecule has 1 aromatic heterocycles. The maximum atomic E-state index is 13.2. The van der Waals surface area contributed by atoms with Crippen LogP contribution < -0.4 is 10.1 Å². The van der Waals surface area contributed by atoms with Gasteiger partial charge in [-0.25, -0.2) is 13.8 Å². The number of anilines is 1. The minimum Gasteiger partial charge on any atom is -0.424 e. The topological polar surface area (TPSA) is 68.3 Å². The first kappa shape index (κ1) is 21.3. The van der Waals surface area contributed by atoms with Crippen molar-refractivity contribution in [3.8, 4) is 5.75 Å². The molecule has 5 nitrogen and oxygen atoms in total. The summed E-state index contributed by atoms with van der Waals surface area (Å²) >= 11 is 3.08. The van der Waals surface area contributed by atoms with Gasteiger partial charge in [-0.3, -0.25) is 9.59 Å². The van der Waals surface area contributed by atoms with Gasteiger partial charge < -0.3 is 10.1 Å².